The van der Waals surface area contributed by atoms with Crippen molar-refractivity contribution in [3.63, 3.8) is 0 Å². The van der Waals surface area contributed by atoms with Gasteiger partial charge in [0.1, 0.15) is 5.75 Å². The number of rotatable bonds is 3. The molecule has 3 unspecified atom stereocenters. The summed E-state index contributed by atoms with van der Waals surface area (Å²) in [6.07, 6.45) is 2.58. The summed E-state index contributed by atoms with van der Waals surface area (Å²) in [6, 6.07) is 5.18. The summed E-state index contributed by atoms with van der Waals surface area (Å²) >= 11 is 0. The van der Waals surface area contributed by atoms with E-state index in [2.05, 4.69) is 45.3 Å². The first-order valence-electron chi connectivity index (χ1n) is 6.90. The van der Waals surface area contributed by atoms with Crippen molar-refractivity contribution in [2.75, 3.05) is 14.2 Å². The predicted molar refractivity (Wildman–Crippen MR) is 76.5 cm³/mol. The van der Waals surface area contributed by atoms with E-state index in [4.69, 9.17) is 4.74 Å². The first kappa shape index (κ1) is 13.4. The number of methoxy groups -OCH3 is 1. The van der Waals surface area contributed by atoms with Crippen LogP contribution in [0, 0.1) is 19.8 Å². The Morgan fingerprint density at radius 2 is 1.89 bits per heavy atom. The Kier molecular flexibility index (Phi) is 3.96. The van der Waals surface area contributed by atoms with E-state index in [0.29, 0.717) is 17.9 Å². The van der Waals surface area contributed by atoms with E-state index in [0.717, 1.165) is 5.75 Å². The zero-order valence-electron chi connectivity index (χ0n) is 12.2. The number of aryl methyl sites for hydroxylation is 2. The average Bonchev–Trinajstić information content (AvgIpc) is 2.72. The Bertz CT molecular complexity index is 427. The van der Waals surface area contributed by atoms with E-state index >= 15 is 0 Å². The molecule has 100 valence electrons. The molecule has 1 aliphatic rings. The number of benzene rings is 1. The highest BCUT2D eigenvalue weighted by molar-refractivity contribution is 5.43. The van der Waals surface area contributed by atoms with Crippen molar-refractivity contribution in [3.8, 4) is 5.75 Å². The molecule has 3 atom stereocenters. The highest BCUT2D eigenvalue weighted by atomic mass is 16.5. The van der Waals surface area contributed by atoms with Crippen LogP contribution in [0.3, 0.4) is 0 Å². The standard InChI is InChI=1S/C16H25NO/c1-10-9-16(18-5)11(2)8-14(10)13-6-7-15(17-4)12(13)3/h8-9,12-13,15,17H,6-7H2,1-5H3. The van der Waals surface area contributed by atoms with Gasteiger partial charge < -0.3 is 10.1 Å². The monoisotopic (exact) mass is 247 g/mol. The molecule has 0 amide bonds. The van der Waals surface area contributed by atoms with Crippen LogP contribution in [0.15, 0.2) is 12.1 Å². The van der Waals surface area contributed by atoms with E-state index < -0.39 is 0 Å². The van der Waals surface area contributed by atoms with Gasteiger partial charge in [-0.3, -0.25) is 0 Å². The maximum atomic E-state index is 5.40. The molecule has 18 heavy (non-hydrogen) atoms. The molecule has 0 saturated heterocycles. The minimum Gasteiger partial charge on any atom is -0.496 e. The Morgan fingerprint density at radius 1 is 1.17 bits per heavy atom. The Morgan fingerprint density at radius 3 is 2.44 bits per heavy atom. The van der Waals surface area contributed by atoms with Gasteiger partial charge in [-0.25, -0.2) is 0 Å². The van der Waals surface area contributed by atoms with Crippen molar-refractivity contribution in [1.29, 1.82) is 0 Å². The molecule has 1 N–H and O–H groups in total. The molecule has 1 fully saturated rings. The van der Waals surface area contributed by atoms with Crippen molar-refractivity contribution in [2.45, 2.75) is 45.6 Å². The second-order valence-corrected chi connectivity index (χ2v) is 5.62. The summed E-state index contributed by atoms with van der Waals surface area (Å²) in [5.74, 6) is 2.40. The van der Waals surface area contributed by atoms with Gasteiger partial charge in [0.05, 0.1) is 7.11 Å². The summed E-state index contributed by atoms with van der Waals surface area (Å²) in [7, 11) is 3.83. The smallest absolute Gasteiger partial charge is 0.122 e. The van der Waals surface area contributed by atoms with Gasteiger partial charge in [-0.15, -0.1) is 0 Å². The highest BCUT2D eigenvalue weighted by Crippen LogP contribution is 2.41. The Hall–Kier alpha value is -1.02. The van der Waals surface area contributed by atoms with Gasteiger partial charge in [-0.2, -0.15) is 0 Å². The lowest BCUT2D eigenvalue weighted by atomic mass is 9.85. The zero-order valence-corrected chi connectivity index (χ0v) is 12.2. The lowest BCUT2D eigenvalue weighted by Crippen LogP contribution is -2.28. The fourth-order valence-electron chi connectivity index (χ4n) is 3.44. The highest BCUT2D eigenvalue weighted by Gasteiger charge is 2.33. The van der Waals surface area contributed by atoms with Crippen LogP contribution in [0.4, 0.5) is 0 Å². The Balaban J connectivity index is 2.32. The van der Waals surface area contributed by atoms with Crippen molar-refractivity contribution in [1.82, 2.24) is 5.32 Å². The average molecular weight is 247 g/mol. The third kappa shape index (κ3) is 2.26. The molecule has 1 aromatic rings. The van der Waals surface area contributed by atoms with Crippen molar-refractivity contribution < 1.29 is 4.74 Å². The minimum absolute atomic E-state index is 0.664. The van der Waals surface area contributed by atoms with Gasteiger partial charge in [0, 0.05) is 6.04 Å². The van der Waals surface area contributed by atoms with Crippen LogP contribution in [0.1, 0.15) is 42.4 Å². The molecular formula is C16H25NO. The van der Waals surface area contributed by atoms with Crippen LogP contribution in [0.5, 0.6) is 5.75 Å². The molecule has 2 nitrogen and oxygen atoms in total. The maximum absolute atomic E-state index is 5.40. The summed E-state index contributed by atoms with van der Waals surface area (Å²) in [6.45, 7) is 6.71. The van der Waals surface area contributed by atoms with Crippen molar-refractivity contribution in [3.05, 3.63) is 28.8 Å². The van der Waals surface area contributed by atoms with Crippen LogP contribution in [0.2, 0.25) is 0 Å². The second kappa shape index (κ2) is 5.31. The summed E-state index contributed by atoms with van der Waals surface area (Å²) < 4.78 is 5.40. The fraction of sp³-hybridized carbons (Fsp3) is 0.625. The lowest BCUT2D eigenvalue weighted by molar-refractivity contribution is 0.409. The molecule has 0 radical (unpaired) electrons. The normalized spacial score (nSPS) is 27.5. The van der Waals surface area contributed by atoms with Gasteiger partial charge in [0.15, 0.2) is 0 Å². The van der Waals surface area contributed by atoms with E-state index in [1.165, 1.54) is 29.5 Å². The van der Waals surface area contributed by atoms with Crippen LogP contribution < -0.4 is 10.1 Å². The third-order valence-electron chi connectivity index (χ3n) is 4.61. The van der Waals surface area contributed by atoms with E-state index in [1.807, 2.05) is 0 Å². The maximum Gasteiger partial charge on any atom is 0.122 e. The molecule has 2 heteroatoms. The molecule has 1 aliphatic carbocycles. The van der Waals surface area contributed by atoms with E-state index in [9.17, 15) is 0 Å². The minimum atomic E-state index is 0.664. The first-order valence-corrected chi connectivity index (χ1v) is 6.90. The summed E-state index contributed by atoms with van der Waals surface area (Å²) in [5, 5.41) is 3.45. The molecular weight excluding hydrogens is 222 g/mol. The summed E-state index contributed by atoms with van der Waals surface area (Å²) in [5.41, 5.74) is 4.13. The number of hydrogen-bond acceptors (Lipinski definition) is 2. The van der Waals surface area contributed by atoms with Crippen molar-refractivity contribution >= 4 is 0 Å². The topological polar surface area (TPSA) is 21.3 Å². The van der Waals surface area contributed by atoms with Gasteiger partial charge in [0.2, 0.25) is 0 Å². The Labute approximate surface area is 111 Å². The lowest BCUT2D eigenvalue weighted by Gasteiger charge is -2.23. The van der Waals surface area contributed by atoms with Gasteiger partial charge in [-0.05, 0) is 68.3 Å². The molecule has 0 spiro atoms. The van der Waals surface area contributed by atoms with E-state index in [1.54, 1.807) is 7.11 Å². The second-order valence-electron chi connectivity index (χ2n) is 5.62. The van der Waals surface area contributed by atoms with E-state index in [-0.39, 0.29) is 0 Å². The quantitative estimate of drug-likeness (QED) is 0.883. The van der Waals surface area contributed by atoms with Gasteiger partial charge >= 0.3 is 0 Å². The number of nitrogens with one attached hydrogen (secondary N) is 1. The zero-order chi connectivity index (χ0) is 13.3. The molecule has 2 rings (SSSR count). The molecule has 0 aliphatic heterocycles. The molecule has 0 bridgehead atoms. The molecule has 1 saturated carbocycles. The van der Waals surface area contributed by atoms with Crippen molar-refractivity contribution in [2.24, 2.45) is 5.92 Å². The predicted octanol–water partition coefficient (Wildman–Crippen LogP) is 3.41. The van der Waals surface area contributed by atoms with Crippen LogP contribution >= 0.6 is 0 Å². The van der Waals surface area contributed by atoms with Crippen LogP contribution in [-0.2, 0) is 0 Å². The number of hydrogen-bond donors (Lipinski definition) is 1. The molecule has 0 heterocycles. The third-order valence-corrected chi connectivity index (χ3v) is 4.61. The molecule has 1 aromatic carbocycles. The number of ether oxygens (including phenoxy) is 1. The fourth-order valence-corrected chi connectivity index (χ4v) is 3.44. The van der Waals surface area contributed by atoms with Crippen LogP contribution in [-0.4, -0.2) is 20.2 Å². The van der Waals surface area contributed by atoms with Gasteiger partial charge in [0.25, 0.3) is 0 Å². The SMILES string of the molecule is CNC1CCC(c2cc(C)c(OC)cc2C)C1C. The van der Waals surface area contributed by atoms with Crippen LogP contribution in [0.25, 0.3) is 0 Å². The molecule has 0 aromatic heterocycles. The summed E-state index contributed by atoms with van der Waals surface area (Å²) in [4.78, 5) is 0. The van der Waals surface area contributed by atoms with Gasteiger partial charge in [-0.1, -0.05) is 13.0 Å². The first-order chi connectivity index (χ1) is 8.58. The largest absolute Gasteiger partial charge is 0.496 e.